The predicted molar refractivity (Wildman–Crippen MR) is 91.5 cm³/mol. The van der Waals surface area contributed by atoms with Gasteiger partial charge in [-0.3, -0.25) is 9.59 Å². The average Bonchev–Trinajstić information content (AvgIpc) is 2.61. The highest BCUT2D eigenvalue weighted by atomic mass is 16.5. The minimum Gasteiger partial charge on any atom is -0.462 e. The van der Waals surface area contributed by atoms with Crippen LogP contribution in [0.1, 0.15) is 71.1 Å². The number of rotatable bonds is 4. The van der Waals surface area contributed by atoms with Crippen LogP contribution in [0.15, 0.2) is 0 Å². The van der Waals surface area contributed by atoms with Crippen LogP contribution < -0.4 is 0 Å². The summed E-state index contributed by atoms with van der Waals surface area (Å²) < 4.78 is 11.3. The van der Waals surface area contributed by atoms with E-state index in [1.165, 1.54) is 0 Å². The second-order valence-electron chi connectivity index (χ2n) is 8.23. The monoisotopic (exact) mass is 336 g/mol. The van der Waals surface area contributed by atoms with Crippen molar-refractivity contribution in [2.24, 2.45) is 23.7 Å². The van der Waals surface area contributed by atoms with Crippen LogP contribution in [0, 0.1) is 23.7 Å². The first kappa shape index (κ1) is 17.9. The van der Waals surface area contributed by atoms with E-state index >= 15 is 0 Å². The average molecular weight is 336 g/mol. The van der Waals surface area contributed by atoms with Crippen LogP contribution in [0.3, 0.4) is 0 Å². The van der Waals surface area contributed by atoms with Crippen LogP contribution in [0.5, 0.6) is 0 Å². The number of hydrogen-bond donors (Lipinski definition) is 0. The first-order chi connectivity index (χ1) is 11.6. The molecule has 0 aromatic carbocycles. The number of carbonyl (C=O) groups is 2. The zero-order valence-electron chi connectivity index (χ0n) is 15.2. The van der Waals surface area contributed by atoms with E-state index in [4.69, 9.17) is 9.47 Å². The maximum Gasteiger partial charge on any atom is 0.309 e. The Morgan fingerprint density at radius 2 is 1.54 bits per heavy atom. The van der Waals surface area contributed by atoms with Gasteiger partial charge in [-0.25, -0.2) is 0 Å². The first-order valence-electron chi connectivity index (χ1n) is 9.80. The fourth-order valence-electron chi connectivity index (χ4n) is 5.16. The molecule has 3 aliphatic rings. The van der Waals surface area contributed by atoms with E-state index in [0.29, 0.717) is 17.6 Å². The van der Waals surface area contributed by atoms with Crippen LogP contribution in [0.2, 0.25) is 0 Å². The Balaban J connectivity index is 1.48. The molecule has 3 aliphatic carbocycles. The number of ketones is 1. The van der Waals surface area contributed by atoms with E-state index in [1.54, 1.807) is 14.0 Å². The summed E-state index contributed by atoms with van der Waals surface area (Å²) in [6, 6.07) is 0. The molecule has 6 atom stereocenters. The highest BCUT2D eigenvalue weighted by Gasteiger charge is 2.39. The Kier molecular flexibility index (Phi) is 5.96. The summed E-state index contributed by atoms with van der Waals surface area (Å²) in [4.78, 5) is 24.1. The van der Waals surface area contributed by atoms with E-state index in [-0.39, 0.29) is 30.0 Å². The number of esters is 1. The normalized spacial score (nSPS) is 39.8. The van der Waals surface area contributed by atoms with Crippen molar-refractivity contribution in [2.75, 3.05) is 7.11 Å². The number of ether oxygens (including phenoxy) is 2. The third kappa shape index (κ3) is 4.19. The predicted octanol–water partition coefficient (Wildman–Crippen LogP) is 3.91. The molecule has 0 radical (unpaired) electrons. The Bertz CT molecular complexity index is 461. The van der Waals surface area contributed by atoms with Gasteiger partial charge in [0.25, 0.3) is 0 Å². The van der Waals surface area contributed by atoms with Crippen molar-refractivity contribution in [3.8, 4) is 0 Å². The maximum atomic E-state index is 12.5. The fourth-order valence-corrected chi connectivity index (χ4v) is 5.16. The number of methoxy groups -OCH3 is 1. The number of fused-ring (bicyclic) bond motifs is 1. The minimum atomic E-state index is -0.00220. The number of Topliss-reactive ketones (excluding diaryl/α,β-unsaturated/α-hetero) is 1. The summed E-state index contributed by atoms with van der Waals surface area (Å²) in [6.07, 6.45) is 10.5. The van der Waals surface area contributed by atoms with Gasteiger partial charge in [0.15, 0.2) is 0 Å². The van der Waals surface area contributed by atoms with Gasteiger partial charge in [-0.15, -0.1) is 0 Å². The molecule has 3 saturated carbocycles. The lowest BCUT2D eigenvalue weighted by atomic mass is 9.66. The summed E-state index contributed by atoms with van der Waals surface area (Å²) in [6.45, 7) is 1.73. The van der Waals surface area contributed by atoms with Gasteiger partial charge < -0.3 is 9.47 Å². The van der Waals surface area contributed by atoms with Crippen molar-refractivity contribution in [1.82, 2.24) is 0 Å². The van der Waals surface area contributed by atoms with Gasteiger partial charge in [0.1, 0.15) is 11.9 Å². The molecule has 0 bridgehead atoms. The third-order valence-electron chi connectivity index (χ3n) is 6.72. The Hall–Kier alpha value is -0.900. The molecule has 24 heavy (non-hydrogen) atoms. The lowest BCUT2D eigenvalue weighted by Crippen LogP contribution is -2.38. The Morgan fingerprint density at radius 1 is 0.792 bits per heavy atom. The van der Waals surface area contributed by atoms with Gasteiger partial charge in [0.2, 0.25) is 0 Å². The van der Waals surface area contributed by atoms with Gasteiger partial charge >= 0.3 is 5.97 Å². The number of hydrogen-bond acceptors (Lipinski definition) is 4. The number of carbonyl (C=O) groups excluding carboxylic acids is 2. The molecule has 6 unspecified atom stereocenters. The summed E-state index contributed by atoms with van der Waals surface area (Å²) >= 11 is 0. The Morgan fingerprint density at radius 3 is 2.29 bits per heavy atom. The lowest BCUT2D eigenvalue weighted by Gasteiger charge is -2.41. The van der Waals surface area contributed by atoms with Crippen molar-refractivity contribution < 1.29 is 19.1 Å². The maximum absolute atomic E-state index is 12.5. The summed E-state index contributed by atoms with van der Waals surface area (Å²) in [5, 5.41) is 0. The van der Waals surface area contributed by atoms with E-state index in [1.807, 2.05) is 0 Å². The van der Waals surface area contributed by atoms with E-state index in [0.717, 1.165) is 64.2 Å². The molecule has 3 fully saturated rings. The highest BCUT2D eigenvalue weighted by Crippen LogP contribution is 2.44. The molecule has 4 heteroatoms. The molecule has 0 spiro atoms. The minimum absolute atomic E-state index is 0.00220. The summed E-state index contributed by atoms with van der Waals surface area (Å²) in [5.41, 5.74) is 0. The van der Waals surface area contributed by atoms with Crippen molar-refractivity contribution in [3.05, 3.63) is 0 Å². The molecule has 0 aromatic rings. The van der Waals surface area contributed by atoms with Crippen LogP contribution in [-0.4, -0.2) is 31.1 Å². The third-order valence-corrected chi connectivity index (χ3v) is 6.72. The van der Waals surface area contributed by atoms with Crippen molar-refractivity contribution in [1.29, 1.82) is 0 Å². The van der Waals surface area contributed by atoms with Gasteiger partial charge in [-0.2, -0.15) is 0 Å². The topological polar surface area (TPSA) is 52.6 Å². The van der Waals surface area contributed by atoms with Crippen molar-refractivity contribution in [3.63, 3.8) is 0 Å². The molecule has 3 rings (SSSR count). The quantitative estimate of drug-likeness (QED) is 0.731. The second-order valence-corrected chi connectivity index (χ2v) is 8.23. The Labute approximate surface area is 145 Å². The van der Waals surface area contributed by atoms with Crippen LogP contribution in [-0.2, 0) is 19.1 Å². The van der Waals surface area contributed by atoms with E-state index in [9.17, 15) is 9.59 Å². The van der Waals surface area contributed by atoms with Gasteiger partial charge in [0, 0.05) is 13.0 Å². The van der Waals surface area contributed by atoms with E-state index < -0.39 is 0 Å². The van der Waals surface area contributed by atoms with Gasteiger partial charge in [0.05, 0.1) is 12.0 Å². The van der Waals surface area contributed by atoms with Crippen LogP contribution in [0.25, 0.3) is 0 Å². The zero-order valence-corrected chi connectivity index (χ0v) is 15.2. The van der Waals surface area contributed by atoms with Crippen molar-refractivity contribution in [2.45, 2.75) is 83.3 Å². The molecule has 4 nitrogen and oxygen atoms in total. The SMILES string of the molecule is COC1CCCC(C(=O)OC2CCC3CC(C(C)=O)CCC3C2)C1. The summed E-state index contributed by atoms with van der Waals surface area (Å²) in [7, 11) is 1.73. The van der Waals surface area contributed by atoms with Crippen LogP contribution >= 0.6 is 0 Å². The molecular weight excluding hydrogens is 304 g/mol. The van der Waals surface area contributed by atoms with Gasteiger partial charge in [-0.1, -0.05) is 6.42 Å². The second kappa shape index (κ2) is 7.99. The first-order valence-corrected chi connectivity index (χ1v) is 9.80. The molecule has 0 aliphatic heterocycles. The molecule has 136 valence electrons. The molecule has 0 heterocycles. The molecule has 0 N–H and O–H groups in total. The summed E-state index contributed by atoms with van der Waals surface area (Å²) in [5.74, 6) is 1.96. The van der Waals surface area contributed by atoms with Gasteiger partial charge in [-0.05, 0) is 76.5 Å². The lowest BCUT2D eigenvalue weighted by molar-refractivity contribution is -0.160. The molecule has 0 saturated heterocycles. The fraction of sp³-hybridized carbons (Fsp3) is 0.900. The van der Waals surface area contributed by atoms with E-state index in [2.05, 4.69) is 0 Å². The highest BCUT2D eigenvalue weighted by molar-refractivity contribution is 5.78. The smallest absolute Gasteiger partial charge is 0.309 e. The molecule has 0 amide bonds. The standard InChI is InChI=1S/C20H32O4/c1-13(21)14-6-7-16-11-19(9-8-15(16)10-14)24-20(22)17-4-3-5-18(12-17)23-2/h14-19H,3-12H2,1-2H3. The largest absolute Gasteiger partial charge is 0.462 e. The van der Waals surface area contributed by atoms with Crippen molar-refractivity contribution >= 4 is 11.8 Å². The molecular formula is C20H32O4. The molecule has 0 aromatic heterocycles. The zero-order chi connectivity index (χ0) is 17.1. The van der Waals surface area contributed by atoms with Crippen LogP contribution in [0.4, 0.5) is 0 Å².